The first kappa shape index (κ1) is 14.4. The lowest BCUT2D eigenvalue weighted by Gasteiger charge is -2.17. The number of nitrogens with one attached hydrogen (secondary N) is 1. The summed E-state index contributed by atoms with van der Waals surface area (Å²) >= 11 is 9.22. The third kappa shape index (κ3) is 3.73. The second-order valence-corrected chi connectivity index (χ2v) is 5.45. The molecule has 0 radical (unpaired) electrons. The smallest absolute Gasteiger partial charge is 0.126 e. The number of benzene rings is 1. The molecule has 0 fully saturated rings. The first-order chi connectivity index (χ1) is 9.10. The van der Waals surface area contributed by atoms with Gasteiger partial charge in [0.25, 0.3) is 0 Å². The SMILES string of the molecule is NNC(Cc1cc(Cl)ccc1F)c1cncc(Br)c1. The van der Waals surface area contributed by atoms with Crippen LogP contribution in [0.5, 0.6) is 0 Å². The molecule has 0 bridgehead atoms. The topological polar surface area (TPSA) is 50.9 Å². The Morgan fingerprint density at radius 3 is 2.84 bits per heavy atom. The summed E-state index contributed by atoms with van der Waals surface area (Å²) < 4.78 is 14.6. The minimum absolute atomic E-state index is 0.238. The standard InChI is InChI=1S/C13H12BrClFN3/c14-10-3-9(6-18-7-10)13(19-17)5-8-4-11(15)1-2-12(8)16/h1-4,6-7,13,19H,5,17H2. The van der Waals surface area contributed by atoms with Gasteiger partial charge < -0.3 is 0 Å². The minimum atomic E-state index is -0.299. The molecule has 0 aliphatic rings. The first-order valence-electron chi connectivity index (χ1n) is 5.60. The number of hydrogen-bond acceptors (Lipinski definition) is 3. The second kappa shape index (κ2) is 6.43. The molecule has 1 atom stereocenters. The fourth-order valence-corrected chi connectivity index (χ4v) is 2.39. The Hall–Kier alpha value is -1.01. The molecule has 0 spiro atoms. The number of hydrazine groups is 1. The number of pyridine rings is 1. The van der Waals surface area contributed by atoms with Crippen LogP contribution in [0, 0.1) is 5.82 Å². The summed E-state index contributed by atoms with van der Waals surface area (Å²) in [5.41, 5.74) is 4.05. The van der Waals surface area contributed by atoms with Crippen molar-refractivity contribution in [2.75, 3.05) is 0 Å². The van der Waals surface area contributed by atoms with Crippen LogP contribution < -0.4 is 11.3 Å². The lowest BCUT2D eigenvalue weighted by molar-refractivity contribution is 0.527. The van der Waals surface area contributed by atoms with Crippen molar-refractivity contribution in [1.82, 2.24) is 10.4 Å². The fraction of sp³-hybridized carbons (Fsp3) is 0.154. The molecule has 3 nitrogen and oxygen atoms in total. The molecule has 0 aliphatic carbocycles. The van der Waals surface area contributed by atoms with Crippen LogP contribution in [-0.2, 0) is 6.42 Å². The molecule has 1 aromatic heterocycles. The molecular formula is C13H12BrClFN3. The van der Waals surface area contributed by atoms with Crippen molar-refractivity contribution in [3.05, 3.63) is 63.1 Å². The fourth-order valence-electron chi connectivity index (χ4n) is 1.81. The largest absolute Gasteiger partial charge is 0.271 e. The van der Waals surface area contributed by atoms with E-state index in [2.05, 4.69) is 26.3 Å². The van der Waals surface area contributed by atoms with Gasteiger partial charge >= 0.3 is 0 Å². The number of nitrogens with zero attached hydrogens (tertiary/aromatic N) is 1. The predicted molar refractivity (Wildman–Crippen MR) is 77.1 cm³/mol. The quantitative estimate of drug-likeness (QED) is 0.660. The van der Waals surface area contributed by atoms with E-state index >= 15 is 0 Å². The van der Waals surface area contributed by atoms with Crippen LogP contribution >= 0.6 is 27.5 Å². The normalized spacial score (nSPS) is 12.4. The zero-order valence-corrected chi connectivity index (χ0v) is 12.2. The van der Waals surface area contributed by atoms with Crippen molar-refractivity contribution in [1.29, 1.82) is 0 Å². The maximum atomic E-state index is 13.7. The van der Waals surface area contributed by atoms with Gasteiger partial charge in [-0.05, 0) is 57.7 Å². The summed E-state index contributed by atoms with van der Waals surface area (Å²) in [6.45, 7) is 0. The summed E-state index contributed by atoms with van der Waals surface area (Å²) in [7, 11) is 0. The van der Waals surface area contributed by atoms with Crippen LogP contribution in [0.4, 0.5) is 4.39 Å². The summed E-state index contributed by atoms with van der Waals surface area (Å²) in [4.78, 5) is 4.07. The van der Waals surface area contributed by atoms with E-state index in [0.29, 0.717) is 17.0 Å². The van der Waals surface area contributed by atoms with Crippen molar-refractivity contribution in [2.24, 2.45) is 5.84 Å². The zero-order valence-electron chi connectivity index (χ0n) is 9.91. The van der Waals surface area contributed by atoms with Crippen LogP contribution in [0.25, 0.3) is 0 Å². The molecule has 0 amide bonds. The van der Waals surface area contributed by atoms with Gasteiger partial charge in [0.1, 0.15) is 5.82 Å². The van der Waals surface area contributed by atoms with E-state index in [-0.39, 0.29) is 11.9 Å². The number of hydrogen-bond donors (Lipinski definition) is 2. The molecule has 19 heavy (non-hydrogen) atoms. The van der Waals surface area contributed by atoms with Gasteiger partial charge in [0.2, 0.25) is 0 Å². The number of aromatic nitrogens is 1. The van der Waals surface area contributed by atoms with Crippen molar-refractivity contribution < 1.29 is 4.39 Å². The highest BCUT2D eigenvalue weighted by Gasteiger charge is 2.14. The third-order valence-electron chi connectivity index (χ3n) is 2.76. The average Bonchev–Trinajstić information content (AvgIpc) is 2.39. The predicted octanol–water partition coefficient (Wildman–Crippen LogP) is 3.38. The maximum Gasteiger partial charge on any atom is 0.126 e. The Labute approximate surface area is 124 Å². The monoisotopic (exact) mass is 343 g/mol. The van der Waals surface area contributed by atoms with Gasteiger partial charge in [0, 0.05) is 21.9 Å². The first-order valence-corrected chi connectivity index (χ1v) is 6.77. The molecular weight excluding hydrogens is 333 g/mol. The van der Waals surface area contributed by atoms with E-state index in [9.17, 15) is 4.39 Å². The molecule has 2 aromatic rings. The van der Waals surface area contributed by atoms with Crippen molar-refractivity contribution in [3.8, 4) is 0 Å². The number of halogens is 3. The van der Waals surface area contributed by atoms with E-state index in [0.717, 1.165) is 10.0 Å². The molecule has 0 aliphatic heterocycles. The molecule has 2 rings (SSSR count). The lowest BCUT2D eigenvalue weighted by atomic mass is 10.0. The van der Waals surface area contributed by atoms with Crippen molar-refractivity contribution in [2.45, 2.75) is 12.5 Å². The van der Waals surface area contributed by atoms with E-state index < -0.39 is 0 Å². The molecule has 1 unspecified atom stereocenters. The highest BCUT2D eigenvalue weighted by Crippen LogP contribution is 2.23. The highest BCUT2D eigenvalue weighted by molar-refractivity contribution is 9.10. The van der Waals surface area contributed by atoms with Gasteiger partial charge in [0.05, 0.1) is 6.04 Å². The maximum absolute atomic E-state index is 13.7. The van der Waals surface area contributed by atoms with Gasteiger partial charge in [-0.25, -0.2) is 4.39 Å². The van der Waals surface area contributed by atoms with Gasteiger partial charge in [-0.1, -0.05) is 11.6 Å². The van der Waals surface area contributed by atoms with Gasteiger partial charge in [-0.2, -0.15) is 0 Å². The summed E-state index contributed by atoms with van der Waals surface area (Å²) in [5, 5.41) is 0.500. The van der Waals surface area contributed by atoms with E-state index in [1.807, 2.05) is 6.07 Å². The zero-order chi connectivity index (χ0) is 13.8. The Balaban J connectivity index is 2.26. The minimum Gasteiger partial charge on any atom is -0.271 e. The molecule has 0 saturated heterocycles. The Kier molecular flexibility index (Phi) is 4.87. The molecule has 1 heterocycles. The summed E-state index contributed by atoms with van der Waals surface area (Å²) in [6.07, 6.45) is 3.76. The van der Waals surface area contributed by atoms with Gasteiger partial charge in [0.15, 0.2) is 0 Å². The number of nitrogens with two attached hydrogens (primary N) is 1. The molecule has 6 heteroatoms. The third-order valence-corrected chi connectivity index (χ3v) is 3.43. The summed E-state index contributed by atoms with van der Waals surface area (Å²) in [5.74, 6) is 5.24. The van der Waals surface area contributed by atoms with E-state index in [4.69, 9.17) is 17.4 Å². The summed E-state index contributed by atoms with van der Waals surface area (Å²) in [6, 6.07) is 6.13. The number of rotatable bonds is 4. The Morgan fingerprint density at radius 1 is 1.37 bits per heavy atom. The Morgan fingerprint density at radius 2 is 2.16 bits per heavy atom. The second-order valence-electron chi connectivity index (χ2n) is 4.10. The molecule has 100 valence electrons. The molecule has 3 N–H and O–H groups in total. The highest BCUT2D eigenvalue weighted by atomic mass is 79.9. The van der Waals surface area contributed by atoms with Crippen LogP contribution in [0.2, 0.25) is 5.02 Å². The van der Waals surface area contributed by atoms with Crippen LogP contribution in [0.3, 0.4) is 0 Å². The van der Waals surface area contributed by atoms with E-state index in [1.54, 1.807) is 18.5 Å². The Bertz CT molecular complexity index is 580. The van der Waals surface area contributed by atoms with Gasteiger partial charge in [-0.3, -0.25) is 16.3 Å². The van der Waals surface area contributed by atoms with E-state index in [1.165, 1.54) is 12.1 Å². The van der Waals surface area contributed by atoms with Crippen LogP contribution in [0.15, 0.2) is 41.1 Å². The van der Waals surface area contributed by atoms with Crippen molar-refractivity contribution in [3.63, 3.8) is 0 Å². The van der Waals surface area contributed by atoms with Crippen LogP contribution in [0.1, 0.15) is 17.2 Å². The average molecular weight is 345 g/mol. The molecule has 0 saturated carbocycles. The van der Waals surface area contributed by atoms with Crippen molar-refractivity contribution >= 4 is 27.5 Å². The van der Waals surface area contributed by atoms with Crippen LogP contribution in [-0.4, -0.2) is 4.98 Å². The molecule has 1 aromatic carbocycles. The van der Waals surface area contributed by atoms with Gasteiger partial charge in [-0.15, -0.1) is 0 Å². The lowest BCUT2D eigenvalue weighted by Crippen LogP contribution is -2.30.